The van der Waals surface area contributed by atoms with E-state index in [0.717, 1.165) is 14.7 Å². The van der Waals surface area contributed by atoms with Gasteiger partial charge in [0.25, 0.3) is 0 Å². The van der Waals surface area contributed by atoms with Gasteiger partial charge in [0.2, 0.25) is 0 Å². The highest BCUT2D eigenvalue weighted by molar-refractivity contribution is 14.1. The Labute approximate surface area is 110 Å². The van der Waals surface area contributed by atoms with Crippen molar-refractivity contribution in [1.29, 1.82) is 0 Å². The maximum atomic E-state index is 11.7. The zero-order valence-corrected chi connectivity index (χ0v) is 12.1. The molecule has 0 aliphatic rings. The molecule has 0 amide bonds. The molecular weight excluding hydrogens is 378 g/mol. The van der Waals surface area contributed by atoms with E-state index in [9.17, 15) is 4.79 Å². The van der Waals surface area contributed by atoms with E-state index >= 15 is 0 Å². The van der Waals surface area contributed by atoms with Crippen LogP contribution in [-0.2, 0) is 5.88 Å². The number of benzene rings is 1. The molecule has 0 saturated heterocycles. The summed E-state index contributed by atoms with van der Waals surface area (Å²) in [6.07, 6.45) is 0. The second-order valence-corrected chi connectivity index (χ2v) is 5.73. The van der Waals surface area contributed by atoms with Gasteiger partial charge in [-0.3, -0.25) is 4.79 Å². The van der Waals surface area contributed by atoms with Gasteiger partial charge in [-0.1, -0.05) is 22.0 Å². The first kappa shape index (κ1) is 12.5. The van der Waals surface area contributed by atoms with Crippen molar-refractivity contribution in [2.75, 3.05) is 0 Å². The van der Waals surface area contributed by atoms with Crippen LogP contribution < -0.4 is 0 Å². The van der Waals surface area contributed by atoms with Gasteiger partial charge in [0.05, 0.1) is 4.83 Å². The lowest BCUT2D eigenvalue weighted by atomic mass is 10.1. The van der Waals surface area contributed by atoms with E-state index in [4.69, 9.17) is 11.6 Å². The lowest BCUT2D eigenvalue weighted by molar-refractivity contribution is 0.0995. The van der Waals surface area contributed by atoms with Crippen molar-refractivity contribution in [3.8, 4) is 0 Å². The molecule has 0 aliphatic carbocycles. The molecule has 0 aliphatic heterocycles. The van der Waals surface area contributed by atoms with Gasteiger partial charge in [0.1, 0.15) is 0 Å². The van der Waals surface area contributed by atoms with Crippen LogP contribution in [0.4, 0.5) is 0 Å². The van der Waals surface area contributed by atoms with E-state index in [0.29, 0.717) is 5.88 Å². The molecule has 1 atom stereocenters. The summed E-state index contributed by atoms with van der Waals surface area (Å²) in [6, 6.07) is 5.66. The number of Topliss-reactive ketones (excluding diaryl/α,β-unsaturated/α-hetero) is 1. The molecule has 0 heterocycles. The fourth-order valence-electron chi connectivity index (χ4n) is 1.06. The first-order chi connectivity index (χ1) is 6.56. The number of halogens is 3. The standard InChI is InChI=1S/C10H9BrClIO/c1-6(11)10(14)8-3-2-7(5-12)4-9(8)13/h2-4,6H,5H2,1H3. The monoisotopic (exact) mass is 386 g/mol. The maximum Gasteiger partial charge on any atom is 0.177 e. The molecule has 0 bridgehead atoms. The van der Waals surface area contributed by atoms with Crippen LogP contribution >= 0.6 is 50.1 Å². The summed E-state index contributed by atoms with van der Waals surface area (Å²) in [5.74, 6) is 0.587. The van der Waals surface area contributed by atoms with E-state index in [2.05, 4.69) is 38.5 Å². The second kappa shape index (κ2) is 5.47. The van der Waals surface area contributed by atoms with Crippen LogP contribution in [0.5, 0.6) is 0 Å². The number of hydrogen-bond donors (Lipinski definition) is 0. The topological polar surface area (TPSA) is 17.1 Å². The van der Waals surface area contributed by atoms with Gasteiger partial charge < -0.3 is 0 Å². The second-order valence-electron chi connectivity index (χ2n) is 2.93. The molecule has 4 heteroatoms. The van der Waals surface area contributed by atoms with Crippen molar-refractivity contribution in [2.45, 2.75) is 17.6 Å². The Morgan fingerprint density at radius 2 is 2.29 bits per heavy atom. The lowest BCUT2D eigenvalue weighted by Gasteiger charge is -2.06. The van der Waals surface area contributed by atoms with Crippen molar-refractivity contribution in [3.05, 3.63) is 32.9 Å². The fourth-order valence-corrected chi connectivity index (χ4v) is 2.31. The number of alkyl halides is 2. The summed E-state index contributed by atoms with van der Waals surface area (Å²) in [5.41, 5.74) is 1.79. The smallest absolute Gasteiger partial charge is 0.177 e. The molecule has 0 N–H and O–H groups in total. The number of ketones is 1. The fraction of sp³-hybridized carbons (Fsp3) is 0.300. The molecule has 0 saturated carbocycles. The summed E-state index contributed by atoms with van der Waals surface area (Å²) in [6.45, 7) is 1.83. The summed E-state index contributed by atoms with van der Waals surface area (Å²) in [5, 5.41) is 0. The Bertz CT molecular complexity index is 352. The normalized spacial score (nSPS) is 12.6. The molecule has 1 aromatic rings. The maximum absolute atomic E-state index is 11.7. The zero-order chi connectivity index (χ0) is 10.7. The molecular formula is C10H9BrClIO. The van der Waals surface area contributed by atoms with E-state index in [1.807, 2.05) is 25.1 Å². The van der Waals surface area contributed by atoms with E-state index in [-0.39, 0.29) is 10.6 Å². The molecule has 1 rings (SSSR count). The van der Waals surface area contributed by atoms with Crippen molar-refractivity contribution >= 4 is 55.9 Å². The van der Waals surface area contributed by atoms with Crippen LogP contribution in [0.3, 0.4) is 0 Å². The Kier molecular flexibility index (Phi) is 4.87. The minimum Gasteiger partial charge on any atom is -0.293 e. The highest BCUT2D eigenvalue weighted by Crippen LogP contribution is 2.19. The zero-order valence-electron chi connectivity index (χ0n) is 7.56. The largest absolute Gasteiger partial charge is 0.293 e. The van der Waals surface area contributed by atoms with Crippen molar-refractivity contribution in [3.63, 3.8) is 0 Å². The average molecular weight is 387 g/mol. The predicted molar refractivity (Wildman–Crippen MR) is 71.4 cm³/mol. The van der Waals surface area contributed by atoms with Gasteiger partial charge in [0, 0.05) is 15.0 Å². The van der Waals surface area contributed by atoms with Crippen LogP contribution in [0, 0.1) is 3.57 Å². The summed E-state index contributed by atoms with van der Waals surface area (Å²) < 4.78 is 0.956. The molecule has 0 fully saturated rings. The Hall–Kier alpha value is 0.390. The summed E-state index contributed by atoms with van der Waals surface area (Å²) >= 11 is 11.1. The number of rotatable bonds is 3. The van der Waals surface area contributed by atoms with Crippen LogP contribution in [-0.4, -0.2) is 10.6 Å². The van der Waals surface area contributed by atoms with Gasteiger partial charge in [-0.25, -0.2) is 0 Å². The highest BCUT2D eigenvalue weighted by Gasteiger charge is 2.14. The van der Waals surface area contributed by atoms with Crippen LogP contribution in [0.2, 0.25) is 0 Å². The molecule has 0 aromatic heterocycles. The highest BCUT2D eigenvalue weighted by atomic mass is 127. The van der Waals surface area contributed by atoms with E-state index in [1.165, 1.54) is 0 Å². The molecule has 1 unspecified atom stereocenters. The van der Waals surface area contributed by atoms with Gasteiger partial charge in [-0.2, -0.15) is 0 Å². The van der Waals surface area contributed by atoms with E-state index < -0.39 is 0 Å². The Morgan fingerprint density at radius 1 is 1.64 bits per heavy atom. The quantitative estimate of drug-likeness (QED) is 0.435. The first-order valence-corrected chi connectivity index (χ1v) is 6.62. The number of carbonyl (C=O) groups is 1. The SMILES string of the molecule is CC(Br)C(=O)c1ccc(CCl)cc1I. The first-order valence-electron chi connectivity index (χ1n) is 4.09. The molecule has 76 valence electrons. The van der Waals surface area contributed by atoms with Crippen LogP contribution in [0.1, 0.15) is 22.8 Å². The summed E-state index contributed by atoms with van der Waals surface area (Å²) in [4.78, 5) is 11.5. The molecule has 1 nitrogen and oxygen atoms in total. The summed E-state index contributed by atoms with van der Waals surface area (Å²) in [7, 11) is 0. The van der Waals surface area contributed by atoms with E-state index in [1.54, 1.807) is 0 Å². The average Bonchev–Trinajstić information content (AvgIpc) is 2.16. The van der Waals surface area contributed by atoms with Gasteiger partial charge in [-0.15, -0.1) is 11.6 Å². The van der Waals surface area contributed by atoms with Gasteiger partial charge in [0.15, 0.2) is 5.78 Å². The Morgan fingerprint density at radius 3 is 2.71 bits per heavy atom. The third-order valence-electron chi connectivity index (χ3n) is 1.81. The molecule has 0 spiro atoms. The van der Waals surface area contributed by atoms with Crippen molar-refractivity contribution in [1.82, 2.24) is 0 Å². The minimum absolute atomic E-state index is 0.107. The third-order valence-corrected chi connectivity index (χ3v) is 3.43. The molecule has 0 radical (unpaired) electrons. The predicted octanol–water partition coefficient (Wildman–Crippen LogP) is 4.00. The van der Waals surface area contributed by atoms with Crippen LogP contribution in [0.15, 0.2) is 18.2 Å². The number of carbonyl (C=O) groups excluding carboxylic acids is 1. The van der Waals surface area contributed by atoms with Crippen LogP contribution in [0.25, 0.3) is 0 Å². The minimum atomic E-state index is -0.141. The molecule has 14 heavy (non-hydrogen) atoms. The number of hydrogen-bond acceptors (Lipinski definition) is 1. The van der Waals surface area contributed by atoms with Gasteiger partial charge in [-0.05, 0) is 47.2 Å². The van der Waals surface area contributed by atoms with Crippen molar-refractivity contribution < 1.29 is 4.79 Å². The molecule has 1 aromatic carbocycles. The lowest BCUT2D eigenvalue weighted by Crippen LogP contribution is -2.11. The van der Waals surface area contributed by atoms with Gasteiger partial charge >= 0.3 is 0 Å². The van der Waals surface area contributed by atoms with Crippen molar-refractivity contribution in [2.24, 2.45) is 0 Å². The Balaban J connectivity index is 3.06. The third kappa shape index (κ3) is 2.94.